The number of nitrogens with zero attached hydrogens (tertiary/aromatic N) is 1. The summed E-state index contributed by atoms with van der Waals surface area (Å²) in [6, 6.07) is 4.82. The Kier molecular flexibility index (Phi) is 9.01. The number of esters is 2. The largest absolute Gasteiger partial charge is 0.463 e. The minimum Gasteiger partial charge on any atom is -0.463 e. The molecule has 0 spiro atoms. The summed E-state index contributed by atoms with van der Waals surface area (Å²) in [5.41, 5.74) is 0.658. The second-order valence-electron chi connectivity index (χ2n) is 9.94. The highest BCUT2D eigenvalue weighted by Gasteiger charge is 2.39. The first kappa shape index (κ1) is 28.5. The molecule has 10 nitrogen and oxygen atoms in total. The van der Waals surface area contributed by atoms with Gasteiger partial charge in [0.1, 0.15) is 11.6 Å². The second kappa shape index (κ2) is 11.4. The fourth-order valence-electron chi connectivity index (χ4n) is 4.01. The molecule has 1 unspecified atom stereocenters. The van der Waals surface area contributed by atoms with Crippen LogP contribution in [0, 0.1) is 16.0 Å². The first-order chi connectivity index (χ1) is 16.7. The number of nitro benzene ring substituents is 1. The standard InChI is InChI=1S/C26H35N3O7/c1-9-35-24(31)20-16(5)27-15(4)19(21(20)17-11-10-12-18(13-17)29(33)34)23(30)28-22(14(2)3)25(32)36-26(6,7)8/h10-14,21-22,27H,9H2,1-8H3,(H,28,30)/t21?,22-/m0/s1. The van der Waals surface area contributed by atoms with Gasteiger partial charge in [-0.1, -0.05) is 26.0 Å². The van der Waals surface area contributed by atoms with Crippen LogP contribution in [0.2, 0.25) is 0 Å². The number of hydrogen-bond donors (Lipinski definition) is 2. The molecule has 2 atom stereocenters. The molecule has 1 heterocycles. The Morgan fingerprint density at radius 3 is 2.28 bits per heavy atom. The van der Waals surface area contributed by atoms with Gasteiger partial charge in [-0.3, -0.25) is 14.9 Å². The summed E-state index contributed by atoms with van der Waals surface area (Å²) in [6.45, 7) is 13.9. The highest BCUT2D eigenvalue weighted by Crippen LogP contribution is 2.39. The lowest BCUT2D eigenvalue weighted by molar-refractivity contribution is -0.384. The Balaban J connectivity index is 2.61. The number of carbonyl (C=O) groups is 3. The van der Waals surface area contributed by atoms with E-state index in [9.17, 15) is 24.5 Å². The van der Waals surface area contributed by atoms with E-state index in [1.54, 1.807) is 61.5 Å². The van der Waals surface area contributed by atoms with Gasteiger partial charge in [-0.15, -0.1) is 0 Å². The van der Waals surface area contributed by atoms with Crippen molar-refractivity contribution in [2.45, 2.75) is 73.0 Å². The molecular formula is C26H35N3O7. The number of hydrogen-bond acceptors (Lipinski definition) is 8. The lowest BCUT2D eigenvalue weighted by atomic mass is 9.79. The topological polar surface area (TPSA) is 137 Å². The van der Waals surface area contributed by atoms with Crippen LogP contribution in [0.1, 0.15) is 66.9 Å². The summed E-state index contributed by atoms with van der Waals surface area (Å²) < 4.78 is 10.8. The van der Waals surface area contributed by atoms with Crippen molar-refractivity contribution in [3.8, 4) is 0 Å². The van der Waals surface area contributed by atoms with E-state index < -0.39 is 40.3 Å². The highest BCUT2D eigenvalue weighted by molar-refractivity contribution is 6.03. The zero-order chi connectivity index (χ0) is 27.4. The van der Waals surface area contributed by atoms with E-state index in [1.165, 1.54) is 18.2 Å². The van der Waals surface area contributed by atoms with Crippen LogP contribution < -0.4 is 10.6 Å². The first-order valence-corrected chi connectivity index (χ1v) is 11.8. The van der Waals surface area contributed by atoms with Gasteiger partial charge in [-0.25, -0.2) is 9.59 Å². The van der Waals surface area contributed by atoms with Gasteiger partial charge >= 0.3 is 11.9 Å². The van der Waals surface area contributed by atoms with E-state index in [0.717, 1.165) is 0 Å². The van der Waals surface area contributed by atoms with Crippen LogP contribution in [-0.4, -0.2) is 41.0 Å². The molecule has 0 saturated heterocycles. The van der Waals surface area contributed by atoms with E-state index in [2.05, 4.69) is 10.6 Å². The molecule has 2 rings (SSSR count). The van der Waals surface area contributed by atoms with E-state index in [4.69, 9.17) is 9.47 Å². The molecular weight excluding hydrogens is 466 g/mol. The van der Waals surface area contributed by atoms with Crippen LogP contribution in [0.15, 0.2) is 46.8 Å². The van der Waals surface area contributed by atoms with Crippen molar-refractivity contribution in [2.24, 2.45) is 5.92 Å². The quantitative estimate of drug-likeness (QED) is 0.311. The predicted octanol–water partition coefficient (Wildman–Crippen LogP) is 3.88. The maximum atomic E-state index is 13.7. The molecule has 10 heteroatoms. The van der Waals surface area contributed by atoms with Crippen molar-refractivity contribution in [1.82, 2.24) is 10.6 Å². The Morgan fingerprint density at radius 2 is 1.75 bits per heavy atom. The van der Waals surface area contributed by atoms with Gasteiger partial charge in [-0.2, -0.15) is 0 Å². The fraction of sp³-hybridized carbons (Fsp3) is 0.500. The van der Waals surface area contributed by atoms with E-state index >= 15 is 0 Å². The summed E-state index contributed by atoms with van der Waals surface area (Å²) in [6.07, 6.45) is 0. The Hall–Kier alpha value is -3.69. The van der Waals surface area contributed by atoms with Gasteiger partial charge in [0.25, 0.3) is 11.6 Å². The third-order valence-electron chi connectivity index (χ3n) is 5.53. The van der Waals surface area contributed by atoms with Crippen LogP contribution in [0.5, 0.6) is 0 Å². The van der Waals surface area contributed by atoms with Crippen molar-refractivity contribution >= 4 is 23.5 Å². The molecule has 1 aliphatic rings. The van der Waals surface area contributed by atoms with Crippen molar-refractivity contribution < 1.29 is 28.8 Å². The van der Waals surface area contributed by atoms with Gasteiger partial charge in [-0.05, 0) is 53.0 Å². The minimum atomic E-state index is -0.961. The molecule has 1 aliphatic heterocycles. The number of ether oxygens (including phenoxy) is 2. The number of allylic oxidation sites excluding steroid dienone is 2. The third kappa shape index (κ3) is 6.71. The van der Waals surface area contributed by atoms with Gasteiger partial charge in [0.2, 0.25) is 0 Å². The summed E-state index contributed by atoms with van der Waals surface area (Å²) >= 11 is 0. The minimum absolute atomic E-state index is 0.107. The number of nitro groups is 1. The third-order valence-corrected chi connectivity index (χ3v) is 5.53. The van der Waals surface area contributed by atoms with Crippen LogP contribution >= 0.6 is 0 Å². The van der Waals surface area contributed by atoms with Crippen LogP contribution in [0.25, 0.3) is 0 Å². The normalized spacial score (nSPS) is 16.9. The number of amides is 1. The van der Waals surface area contributed by atoms with Gasteiger partial charge in [0.05, 0.1) is 23.0 Å². The summed E-state index contributed by atoms with van der Waals surface area (Å²) in [5.74, 6) is -3.09. The molecule has 1 aromatic rings. The molecule has 0 aliphatic carbocycles. The molecule has 0 bridgehead atoms. The molecule has 36 heavy (non-hydrogen) atoms. The Morgan fingerprint density at radius 1 is 1.14 bits per heavy atom. The summed E-state index contributed by atoms with van der Waals surface area (Å²) in [5, 5.41) is 17.3. The van der Waals surface area contributed by atoms with Gasteiger partial charge in [0, 0.05) is 29.1 Å². The van der Waals surface area contributed by atoms with Crippen molar-refractivity contribution in [1.29, 1.82) is 0 Å². The molecule has 0 radical (unpaired) electrons. The van der Waals surface area contributed by atoms with Gasteiger partial charge in [0.15, 0.2) is 0 Å². The van der Waals surface area contributed by atoms with E-state index in [-0.39, 0.29) is 29.4 Å². The zero-order valence-corrected chi connectivity index (χ0v) is 22.1. The maximum absolute atomic E-state index is 13.7. The summed E-state index contributed by atoms with van der Waals surface area (Å²) in [7, 11) is 0. The van der Waals surface area contributed by atoms with Crippen molar-refractivity contribution in [2.75, 3.05) is 6.61 Å². The Labute approximate surface area is 211 Å². The first-order valence-electron chi connectivity index (χ1n) is 11.8. The molecule has 1 amide bonds. The number of rotatable bonds is 8. The molecule has 2 N–H and O–H groups in total. The van der Waals surface area contributed by atoms with Crippen molar-refractivity contribution in [3.05, 3.63) is 62.5 Å². The van der Waals surface area contributed by atoms with Crippen LogP contribution in [0.4, 0.5) is 5.69 Å². The second-order valence-corrected chi connectivity index (χ2v) is 9.94. The lowest BCUT2D eigenvalue weighted by Crippen LogP contribution is -2.49. The highest BCUT2D eigenvalue weighted by atomic mass is 16.6. The lowest BCUT2D eigenvalue weighted by Gasteiger charge is -2.32. The van der Waals surface area contributed by atoms with Crippen LogP contribution in [-0.2, 0) is 23.9 Å². The smallest absolute Gasteiger partial charge is 0.336 e. The molecule has 0 aromatic heterocycles. The van der Waals surface area contributed by atoms with Crippen LogP contribution in [0.3, 0.4) is 0 Å². The number of nitrogens with one attached hydrogen (secondary N) is 2. The van der Waals surface area contributed by atoms with Gasteiger partial charge < -0.3 is 20.1 Å². The fourth-order valence-corrected chi connectivity index (χ4v) is 4.01. The number of dihydropyridines is 1. The van der Waals surface area contributed by atoms with Crippen molar-refractivity contribution in [3.63, 3.8) is 0 Å². The average molecular weight is 502 g/mol. The predicted molar refractivity (Wildman–Crippen MR) is 134 cm³/mol. The monoisotopic (exact) mass is 501 g/mol. The zero-order valence-electron chi connectivity index (χ0n) is 22.1. The number of carbonyl (C=O) groups excluding carboxylic acids is 3. The molecule has 0 fully saturated rings. The average Bonchev–Trinajstić information content (AvgIpc) is 2.75. The number of non-ortho nitro benzene ring substituents is 1. The van der Waals surface area contributed by atoms with E-state index in [0.29, 0.717) is 17.0 Å². The Bertz CT molecular complexity index is 1110. The SMILES string of the molecule is CCOC(=O)C1=C(C)NC(C)=C(C(=O)N[C@H](C(=O)OC(C)(C)C)C(C)C)C1c1cccc([N+](=O)[O-])c1. The molecule has 1 aromatic carbocycles. The molecule has 0 saturated carbocycles. The summed E-state index contributed by atoms with van der Waals surface area (Å²) in [4.78, 5) is 50.5. The number of benzene rings is 1. The molecule has 196 valence electrons. The van der Waals surface area contributed by atoms with E-state index in [1.807, 2.05) is 0 Å². The maximum Gasteiger partial charge on any atom is 0.336 e.